The fourth-order valence-electron chi connectivity index (χ4n) is 2.51. The van der Waals surface area contributed by atoms with E-state index in [9.17, 15) is 10.1 Å². The van der Waals surface area contributed by atoms with Gasteiger partial charge in [0, 0.05) is 24.2 Å². The van der Waals surface area contributed by atoms with Crippen LogP contribution in [0.15, 0.2) is 24.3 Å². The molecule has 0 saturated carbocycles. The number of nitrogens with zero attached hydrogens (tertiary/aromatic N) is 2. The monoisotopic (exact) mass is 263 g/mol. The van der Waals surface area contributed by atoms with E-state index in [-0.39, 0.29) is 16.7 Å². The molecular formula is C14H21N3O2. The van der Waals surface area contributed by atoms with Crippen LogP contribution in [0.4, 0.5) is 5.69 Å². The zero-order valence-electron chi connectivity index (χ0n) is 11.5. The molecule has 5 nitrogen and oxygen atoms in total. The molecule has 0 aliphatic carbocycles. The highest BCUT2D eigenvalue weighted by Gasteiger charge is 2.19. The number of hydrogen-bond donors (Lipinski definition) is 1. The van der Waals surface area contributed by atoms with Gasteiger partial charge in [0.1, 0.15) is 0 Å². The smallest absolute Gasteiger partial charge is 0.269 e. The third kappa shape index (κ3) is 3.75. The molecule has 1 aromatic carbocycles. The Bertz CT molecular complexity index is 425. The van der Waals surface area contributed by atoms with Crippen molar-refractivity contribution in [3.8, 4) is 0 Å². The van der Waals surface area contributed by atoms with E-state index in [1.807, 2.05) is 12.1 Å². The molecular weight excluding hydrogens is 242 g/mol. The van der Waals surface area contributed by atoms with Gasteiger partial charge < -0.3 is 10.2 Å². The number of nitro groups is 1. The Kier molecular flexibility index (Phi) is 4.50. The van der Waals surface area contributed by atoms with Gasteiger partial charge in [-0.1, -0.05) is 12.1 Å². The molecule has 19 heavy (non-hydrogen) atoms. The van der Waals surface area contributed by atoms with Gasteiger partial charge in [0.15, 0.2) is 0 Å². The molecule has 0 radical (unpaired) electrons. The van der Waals surface area contributed by atoms with Crippen LogP contribution in [0.3, 0.4) is 0 Å². The van der Waals surface area contributed by atoms with Gasteiger partial charge in [-0.05, 0) is 45.5 Å². The Balaban J connectivity index is 1.92. The highest BCUT2D eigenvalue weighted by atomic mass is 16.6. The summed E-state index contributed by atoms with van der Waals surface area (Å²) in [5, 5.41) is 14.2. The maximum Gasteiger partial charge on any atom is 0.269 e. The molecule has 1 saturated heterocycles. The second-order valence-electron chi connectivity index (χ2n) is 5.31. The summed E-state index contributed by atoms with van der Waals surface area (Å²) in [5.74, 6) is 0. The summed E-state index contributed by atoms with van der Waals surface area (Å²) in [4.78, 5) is 12.6. The highest BCUT2D eigenvalue weighted by Crippen LogP contribution is 2.19. The molecule has 104 valence electrons. The minimum Gasteiger partial charge on any atom is -0.307 e. The number of nitrogens with one attached hydrogen (secondary N) is 1. The summed E-state index contributed by atoms with van der Waals surface area (Å²) >= 11 is 0. The Morgan fingerprint density at radius 2 is 1.89 bits per heavy atom. The first-order valence-corrected chi connectivity index (χ1v) is 6.75. The summed E-state index contributed by atoms with van der Waals surface area (Å²) in [7, 11) is 2.15. The van der Waals surface area contributed by atoms with Crippen LogP contribution in [0.5, 0.6) is 0 Å². The Hall–Kier alpha value is -1.46. The minimum absolute atomic E-state index is 0.148. The van der Waals surface area contributed by atoms with Gasteiger partial charge in [-0.3, -0.25) is 10.1 Å². The van der Waals surface area contributed by atoms with Crippen molar-refractivity contribution in [3.05, 3.63) is 39.9 Å². The number of non-ortho nitro benzene ring substituents is 1. The van der Waals surface area contributed by atoms with Crippen LogP contribution in [0.25, 0.3) is 0 Å². The average Bonchev–Trinajstić information content (AvgIpc) is 2.41. The largest absolute Gasteiger partial charge is 0.307 e. The predicted octanol–water partition coefficient (Wildman–Crippen LogP) is 2.34. The third-order valence-corrected chi connectivity index (χ3v) is 3.81. The molecule has 0 amide bonds. The Morgan fingerprint density at radius 3 is 2.42 bits per heavy atom. The van der Waals surface area contributed by atoms with Gasteiger partial charge in [-0.2, -0.15) is 0 Å². The lowest BCUT2D eigenvalue weighted by Crippen LogP contribution is -2.41. The van der Waals surface area contributed by atoms with Crippen molar-refractivity contribution in [3.63, 3.8) is 0 Å². The van der Waals surface area contributed by atoms with Crippen LogP contribution in [-0.2, 0) is 0 Å². The number of piperidine rings is 1. The van der Waals surface area contributed by atoms with E-state index in [1.165, 1.54) is 0 Å². The van der Waals surface area contributed by atoms with Crippen LogP contribution < -0.4 is 5.32 Å². The van der Waals surface area contributed by atoms with Gasteiger partial charge in [-0.25, -0.2) is 0 Å². The van der Waals surface area contributed by atoms with E-state index in [1.54, 1.807) is 12.1 Å². The van der Waals surface area contributed by atoms with Crippen LogP contribution in [-0.4, -0.2) is 36.0 Å². The van der Waals surface area contributed by atoms with Crippen molar-refractivity contribution in [2.45, 2.75) is 31.8 Å². The molecule has 5 heteroatoms. The summed E-state index contributed by atoms with van der Waals surface area (Å²) in [6, 6.07) is 7.59. The zero-order valence-corrected chi connectivity index (χ0v) is 11.5. The quantitative estimate of drug-likeness (QED) is 0.669. The normalized spacial score (nSPS) is 19.3. The first-order valence-electron chi connectivity index (χ1n) is 6.75. The van der Waals surface area contributed by atoms with Crippen LogP contribution in [0.1, 0.15) is 31.4 Å². The predicted molar refractivity (Wildman–Crippen MR) is 75.2 cm³/mol. The molecule has 1 aliphatic rings. The number of rotatable bonds is 4. The lowest BCUT2D eigenvalue weighted by Gasteiger charge is -2.31. The van der Waals surface area contributed by atoms with Crippen LogP contribution >= 0.6 is 0 Å². The lowest BCUT2D eigenvalue weighted by molar-refractivity contribution is -0.384. The first-order chi connectivity index (χ1) is 9.06. The zero-order chi connectivity index (χ0) is 13.8. The van der Waals surface area contributed by atoms with Gasteiger partial charge in [-0.15, -0.1) is 0 Å². The number of nitro benzene ring substituents is 1. The van der Waals surface area contributed by atoms with E-state index in [0.717, 1.165) is 31.5 Å². The number of hydrogen-bond acceptors (Lipinski definition) is 4. The molecule has 0 spiro atoms. The van der Waals surface area contributed by atoms with E-state index < -0.39 is 0 Å². The molecule has 1 heterocycles. The SMILES string of the molecule is CC(NC1CCN(C)CC1)c1ccc([N+](=O)[O-])cc1. The second kappa shape index (κ2) is 6.12. The third-order valence-electron chi connectivity index (χ3n) is 3.81. The fraction of sp³-hybridized carbons (Fsp3) is 0.571. The summed E-state index contributed by atoms with van der Waals surface area (Å²) in [5.41, 5.74) is 1.25. The van der Waals surface area contributed by atoms with Gasteiger partial charge in [0.25, 0.3) is 5.69 Å². The van der Waals surface area contributed by atoms with Crippen molar-refractivity contribution in [2.24, 2.45) is 0 Å². The molecule has 1 fully saturated rings. The summed E-state index contributed by atoms with van der Waals surface area (Å²) < 4.78 is 0. The van der Waals surface area contributed by atoms with Crippen molar-refractivity contribution < 1.29 is 4.92 Å². The molecule has 1 unspecified atom stereocenters. The molecule has 2 rings (SSSR count). The first kappa shape index (κ1) is 14.0. The average molecular weight is 263 g/mol. The minimum atomic E-state index is -0.362. The molecule has 1 aromatic rings. The van der Waals surface area contributed by atoms with Crippen LogP contribution in [0, 0.1) is 10.1 Å². The highest BCUT2D eigenvalue weighted by molar-refractivity contribution is 5.34. The molecule has 1 N–H and O–H groups in total. The maximum absolute atomic E-state index is 10.6. The molecule has 0 aromatic heterocycles. The van der Waals surface area contributed by atoms with E-state index in [0.29, 0.717) is 6.04 Å². The Labute approximate surface area is 113 Å². The maximum atomic E-state index is 10.6. The van der Waals surface area contributed by atoms with Gasteiger partial charge >= 0.3 is 0 Å². The van der Waals surface area contributed by atoms with Crippen molar-refractivity contribution in [2.75, 3.05) is 20.1 Å². The lowest BCUT2D eigenvalue weighted by atomic mass is 10.0. The van der Waals surface area contributed by atoms with Crippen molar-refractivity contribution in [1.82, 2.24) is 10.2 Å². The van der Waals surface area contributed by atoms with Crippen molar-refractivity contribution in [1.29, 1.82) is 0 Å². The van der Waals surface area contributed by atoms with Gasteiger partial charge in [0.05, 0.1) is 4.92 Å². The fourth-order valence-corrected chi connectivity index (χ4v) is 2.51. The van der Waals surface area contributed by atoms with Crippen LogP contribution in [0.2, 0.25) is 0 Å². The summed E-state index contributed by atoms with van der Waals surface area (Å²) in [6.07, 6.45) is 2.32. The summed E-state index contributed by atoms with van der Waals surface area (Å²) in [6.45, 7) is 4.37. The number of likely N-dealkylation sites (tertiary alicyclic amines) is 1. The second-order valence-corrected chi connectivity index (χ2v) is 5.31. The van der Waals surface area contributed by atoms with E-state index in [2.05, 4.69) is 24.2 Å². The van der Waals surface area contributed by atoms with E-state index >= 15 is 0 Å². The van der Waals surface area contributed by atoms with Gasteiger partial charge in [0.2, 0.25) is 0 Å². The topological polar surface area (TPSA) is 58.4 Å². The number of benzene rings is 1. The standard InChI is InChI=1S/C14H21N3O2/c1-11(15-13-7-9-16(2)10-8-13)12-3-5-14(6-4-12)17(18)19/h3-6,11,13,15H,7-10H2,1-2H3. The molecule has 0 bridgehead atoms. The van der Waals surface area contributed by atoms with Crippen molar-refractivity contribution >= 4 is 5.69 Å². The molecule has 1 atom stereocenters. The Morgan fingerprint density at radius 1 is 1.32 bits per heavy atom. The molecule has 1 aliphatic heterocycles. The van der Waals surface area contributed by atoms with E-state index in [4.69, 9.17) is 0 Å².